The van der Waals surface area contributed by atoms with E-state index in [1.807, 2.05) is 25.3 Å². The molecule has 0 aromatic carbocycles. The highest BCUT2D eigenvalue weighted by Gasteiger charge is 2.40. The molecule has 20 heavy (non-hydrogen) atoms. The molecular formula is C13H24N4O2S. The minimum Gasteiger partial charge on any atom is -0.334 e. The van der Waals surface area contributed by atoms with Gasteiger partial charge in [-0.3, -0.25) is 0 Å². The number of piperazine rings is 1. The second-order valence-electron chi connectivity index (χ2n) is 5.89. The quantitative estimate of drug-likeness (QED) is 0.900. The number of rotatable bonds is 4. The van der Waals surface area contributed by atoms with Gasteiger partial charge in [0.25, 0.3) is 10.0 Å². The summed E-state index contributed by atoms with van der Waals surface area (Å²) < 4.78 is 29.1. The van der Waals surface area contributed by atoms with Crippen LogP contribution in [0, 0.1) is 6.92 Å². The van der Waals surface area contributed by atoms with Crippen molar-refractivity contribution in [1.82, 2.24) is 19.2 Å². The molecule has 1 fully saturated rings. The van der Waals surface area contributed by atoms with Crippen molar-refractivity contribution in [1.29, 1.82) is 0 Å². The van der Waals surface area contributed by atoms with Crippen LogP contribution in [0.15, 0.2) is 11.2 Å². The molecule has 1 saturated heterocycles. The SMILES string of the molecule is CCCn1cc(S(=O)(=O)N2CCNCC2(C)C)nc1C. The number of sulfonamides is 1. The molecule has 1 aliphatic heterocycles. The van der Waals surface area contributed by atoms with Crippen LogP contribution < -0.4 is 5.32 Å². The lowest BCUT2D eigenvalue weighted by atomic mass is 10.0. The summed E-state index contributed by atoms with van der Waals surface area (Å²) in [4.78, 5) is 4.25. The van der Waals surface area contributed by atoms with Crippen molar-refractivity contribution in [2.45, 2.75) is 51.2 Å². The average molecular weight is 300 g/mol. The molecule has 1 aromatic rings. The minimum atomic E-state index is -3.53. The molecule has 2 rings (SSSR count). The lowest BCUT2D eigenvalue weighted by Gasteiger charge is -2.40. The van der Waals surface area contributed by atoms with Crippen LogP contribution in [0.1, 0.15) is 33.0 Å². The van der Waals surface area contributed by atoms with Crippen molar-refractivity contribution >= 4 is 10.0 Å². The van der Waals surface area contributed by atoms with Gasteiger partial charge in [0.1, 0.15) is 5.82 Å². The fourth-order valence-electron chi connectivity index (χ4n) is 2.59. The van der Waals surface area contributed by atoms with Gasteiger partial charge >= 0.3 is 0 Å². The number of aromatic nitrogens is 2. The monoisotopic (exact) mass is 300 g/mol. The molecule has 0 spiro atoms. The van der Waals surface area contributed by atoms with E-state index in [9.17, 15) is 8.42 Å². The molecule has 0 amide bonds. The van der Waals surface area contributed by atoms with Crippen LogP contribution in [-0.4, -0.2) is 47.4 Å². The predicted octanol–water partition coefficient (Wildman–Crippen LogP) is 0.974. The molecule has 1 N–H and O–H groups in total. The molecule has 0 radical (unpaired) electrons. The van der Waals surface area contributed by atoms with Gasteiger partial charge in [-0.2, -0.15) is 4.31 Å². The highest BCUT2D eigenvalue weighted by atomic mass is 32.2. The summed E-state index contributed by atoms with van der Waals surface area (Å²) in [6.07, 6.45) is 2.61. The normalized spacial score (nSPS) is 20.2. The highest BCUT2D eigenvalue weighted by molar-refractivity contribution is 7.89. The van der Waals surface area contributed by atoms with Gasteiger partial charge in [-0.25, -0.2) is 13.4 Å². The molecule has 1 aromatic heterocycles. The third-order valence-corrected chi connectivity index (χ3v) is 5.68. The first kappa shape index (κ1) is 15.5. The van der Waals surface area contributed by atoms with Crippen molar-refractivity contribution in [2.75, 3.05) is 19.6 Å². The Morgan fingerprint density at radius 2 is 2.15 bits per heavy atom. The summed E-state index contributed by atoms with van der Waals surface area (Å²) in [5, 5.41) is 3.40. The highest BCUT2D eigenvalue weighted by Crippen LogP contribution is 2.25. The first-order valence-electron chi connectivity index (χ1n) is 7.06. The van der Waals surface area contributed by atoms with Gasteiger partial charge in [0, 0.05) is 37.9 Å². The van der Waals surface area contributed by atoms with Crippen molar-refractivity contribution in [3.63, 3.8) is 0 Å². The molecule has 6 nitrogen and oxygen atoms in total. The van der Waals surface area contributed by atoms with Gasteiger partial charge in [-0.15, -0.1) is 0 Å². The standard InChI is InChI=1S/C13H24N4O2S/c1-5-7-16-9-12(15-11(16)2)20(18,19)17-8-6-14-10-13(17,3)4/h9,14H,5-8,10H2,1-4H3. The van der Waals surface area contributed by atoms with E-state index < -0.39 is 15.6 Å². The van der Waals surface area contributed by atoms with Crippen LogP contribution in [-0.2, 0) is 16.6 Å². The van der Waals surface area contributed by atoms with Crippen LogP contribution in [0.5, 0.6) is 0 Å². The fraction of sp³-hybridized carbons (Fsp3) is 0.769. The van der Waals surface area contributed by atoms with Crippen molar-refractivity contribution in [3.8, 4) is 0 Å². The van der Waals surface area contributed by atoms with E-state index in [2.05, 4.69) is 17.2 Å². The molecule has 0 unspecified atom stereocenters. The number of nitrogens with one attached hydrogen (secondary N) is 1. The van der Waals surface area contributed by atoms with Crippen LogP contribution in [0.25, 0.3) is 0 Å². The second kappa shape index (κ2) is 5.46. The Hall–Kier alpha value is -0.920. The van der Waals surface area contributed by atoms with Crippen molar-refractivity contribution in [3.05, 3.63) is 12.0 Å². The van der Waals surface area contributed by atoms with E-state index in [-0.39, 0.29) is 5.03 Å². The zero-order chi connectivity index (χ0) is 15.0. The third-order valence-electron chi connectivity index (χ3n) is 3.70. The molecule has 114 valence electrons. The van der Waals surface area contributed by atoms with Crippen LogP contribution in [0.3, 0.4) is 0 Å². The van der Waals surface area contributed by atoms with E-state index in [0.717, 1.165) is 18.8 Å². The maximum Gasteiger partial charge on any atom is 0.262 e. The summed E-state index contributed by atoms with van der Waals surface area (Å²) in [7, 11) is -3.53. The Kier molecular flexibility index (Phi) is 4.22. The van der Waals surface area contributed by atoms with Crippen LogP contribution >= 0.6 is 0 Å². The smallest absolute Gasteiger partial charge is 0.262 e. The topological polar surface area (TPSA) is 67.2 Å². The minimum absolute atomic E-state index is 0.165. The van der Waals surface area contributed by atoms with Gasteiger partial charge in [0.15, 0.2) is 5.03 Å². The lowest BCUT2D eigenvalue weighted by molar-refractivity contribution is 0.185. The molecule has 0 saturated carbocycles. The first-order valence-corrected chi connectivity index (χ1v) is 8.50. The van der Waals surface area contributed by atoms with E-state index >= 15 is 0 Å². The maximum absolute atomic E-state index is 12.8. The summed E-state index contributed by atoms with van der Waals surface area (Å²) in [6.45, 7) is 10.4. The van der Waals surface area contributed by atoms with Crippen LogP contribution in [0.4, 0.5) is 0 Å². The summed E-state index contributed by atoms with van der Waals surface area (Å²) >= 11 is 0. The first-order chi connectivity index (χ1) is 9.29. The van der Waals surface area contributed by atoms with Gasteiger partial charge < -0.3 is 9.88 Å². The molecule has 1 aliphatic rings. The summed E-state index contributed by atoms with van der Waals surface area (Å²) in [5.74, 6) is 0.748. The van der Waals surface area contributed by atoms with Crippen molar-refractivity contribution in [2.24, 2.45) is 0 Å². The van der Waals surface area contributed by atoms with Crippen molar-refractivity contribution < 1.29 is 8.42 Å². The van der Waals surface area contributed by atoms with E-state index in [1.54, 1.807) is 10.5 Å². The van der Waals surface area contributed by atoms with E-state index in [4.69, 9.17) is 0 Å². The number of nitrogens with zero attached hydrogens (tertiary/aromatic N) is 3. The van der Waals surface area contributed by atoms with Gasteiger partial charge in [-0.1, -0.05) is 6.92 Å². The molecule has 2 heterocycles. The Labute approximate surface area is 121 Å². The van der Waals surface area contributed by atoms with Gasteiger partial charge in [0.2, 0.25) is 0 Å². The summed E-state index contributed by atoms with van der Waals surface area (Å²) in [5.41, 5.74) is -0.431. The molecule has 0 atom stereocenters. The largest absolute Gasteiger partial charge is 0.334 e. The number of hydrogen-bond acceptors (Lipinski definition) is 4. The maximum atomic E-state index is 12.8. The number of aryl methyl sites for hydroxylation is 2. The number of hydrogen-bond donors (Lipinski definition) is 1. The second-order valence-corrected chi connectivity index (χ2v) is 7.70. The Bertz CT molecular complexity index is 577. The summed E-state index contributed by atoms with van der Waals surface area (Å²) in [6, 6.07) is 0. The Morgan fingerprint density at radius 3 is 2.75 bits per heavy atom. The zero-order valence-electron chi connectivity index (χ0n) is 12.7. The average Bonchev–Trinajstić information content (AvgIpc) is 2.71. The molecule has 7 heteroatoms. The van der Waals surface area contributed by atoms with Gasteiger partial charge in [-0.05, 0) is 27.2 Å². The molecular weight excluding hydrogens is 276 g/mol. The predicted molar refractivity (Wildman–Crippen MR) is 78.1 cm³/mol. The van der Waals surface area contributed by atoms with Crippen LogP contribution in [0.2, 0.25) is 0 Å². The number of imidazole rings is 1. The van der Waals surface area contributed by atoms with E-state index in [1.165, 1.54) is 0 Å². The zero-order valence-corrected chi connectivity index (χ0v) is 13.5. The molecule has 0 aliphatic carbocycles. The third kappa shape index (κ3) is 2.75. The Balaban J connectivity index is 2.37. The molecule has 0 bridgehead atoms. The van der Waals surface area contributed by atoms with E-state index in [0.29, 0.717) is 19.6 Å². The Morgan fingerprint density at radius 1 is 1.45 bits per heavy atom. The lowest BCUT2D eigenvalue weighted by Crippen LogP contribution is -2.59. The fourth-order valence-corrected chi connectivity index (χ4v) is 4.38. The van der Waals surface area contributed by atoms with Gasteiger partial charge in [0.05, 0.1) is 0 Å².